The summed E-state index contributed by atoms with van der Waals surface area (Å²) >= 11 is 0. The summed E-state index contributed by atoms with van der Waals surface area (Å²) in [6, 6.07) is -0.293. The molecule has 14 heavy (non-hydrogen) atoms. The van der Waals surface area contributed by atoms with Crippen LogP contribution in [0, 0.1) is 0 Å². The Balaban J connectivity index is 4.08. The Morgan fingerprint density at radius 2 is 2.14 bits per heavy atom. The van der Waals surface area contributed by atoms with Gasteiger partial charge in [-0.25, -0.2) is 0 Å². The minimum absolute atomic E-state index is 0.0275. The molecule has 0 aromatic carbocycles. The molecule has 2 N–H and O–H groups in total. The number of carbonyl (C=O) groups excluding carboxylic acids is 2. The lowest BCUT2D eigenvalue weighted by Crippen LogP contribution is -2.41. The maximum absolute atomic E-state index is 11.2. The molecule has 0 radical (unpaired) electrons. The quantitative estimate of drug-likeness (QED) is 0.560. The maximum atomic E-state index is 11.2. The molecule has 5 heteroatoms. The second kappa shape index (κ2) is 7.20. The number of nitrogens with one attached hydrogen (secondary N) is 2. The van der Waals surface area contributed by atoms with Crippen molar-refractivity contribution in [1.29, 1.82) is 0 Å². The molecule has 0 heterocycles. The van der Waals surface area contributed by atoms with Crippen LogP contribution in [-0.2, 0) is 9.59 Å². The monoisotopic (exact) mass is 199 g/mol. The zero-order valence-corrected chi connectivity index (χ0v) is 8.83. The van der Waals surface area contributed by atoms with E-state index < -0.39 is 0 Å². The van der Waals surface area contributed by atoms with Gasteiger partial charge in [-0.1, -0.05) is 0 Å². The Morgan fingerprint density at radius 1 is 1.50 bits per heavy atom. The summed E-state index contributed by atoms with van der Waals surface area (Å²) in [5, 5.41) is 5.41. The number of Topliss-reactive ketones (excluding diaryl/α,β-unsaturated/α-hetero) is 1. The smallest absolute Gasteiger partial charge is 0.234 e. The van der Waals surface area contributed by atoms with E-state index in [2.05, 4.69) is 15.6 Å². The van der Waals surface area contributed by atoms with Crippen molar-refractivity contribution in [2.45, 2.75) is 19.4 Å². The van der Waals surface area contributed by atoms with E-state index in [1.54, 1.807) is 20.3 Å². The highest BCUT2D eigenvalue weighted by Crippen LogP contribution is 1.90. The van der Waals surface area contributed by atoms with Crippen LogP contribution in [0.2, 0.25) is 0 Å². The average Bonchev–Trinajstić information content (AvgIpc) is 2.03. The number of amides is 1. The van der Waals surface area contributed by atoms with E-state index in [1.165, 1.54) is 6.92 Å². The molecule has 0 spiro atoms. The molecule has 1 amide bonds. The first-order chi connectivity index (χ1) is 6.60. The fourth-order valence-electron chi connectivity index (χ4n) is 1.05. The molecular formula is C9H17N3O2. The van der Waals surface area contributed by atoms with E-state index >= 15 is 0 Å². The Hall–Kier alpha value is -1.23. The molecule has 0 saturated heterocycles. The fourth-order valence-corrected chi connectivity index (χ4v) is 1.05. The van der Waals surface area contributed by atoms with Crippen molar-refractivity contribution >= 4 is 17.9 Å². The second-order valence-corrected chi connectivity index (χ2v) is 3.02. The van der Waals surface area contributed by atoms with Gasteiger partial charge in [-0.15, -0.1) is 0 Å². The lowest BCUT2D eigenvalue weighted by atomic mass is 10.1. The third kappa shape index (κ3) is 6.30. The summed E-state index contributed by atoms with van der Waals surface area (Å²) in [7, 11) is 3.30. The van der Waals surface area contributed by atoms with Gasteiger partial charge in [-0.3, -0.25) is 14.6 Å². The minimum atomic E-state index is -0.293. The van der Waals surface area contributed by atoms with E-state index in [9.17, 15) is 9.59 Å². The van der Waals surface area contributed by atoms with E-state index in [1.807, 2.05) is 0 Å². The lowest BCUT2D eigenvalue weighted by molar-refractivity contribution is -0.121. The summed E-state index contributed by atoms with van der Waals surface area (Å²) in [5.41, 5.74) is 0. The molecule has 1 unspecified atom stereocenters. The van der Waals surface area contributed by atoms with Gasteiger partial charge in [-0.2, -0.15) is 0 Å². The summed E-state index contributed by atoms with van der Waals surface area (Å²) in [6.07, 6.45) is 1.85. The third-order valence-corrected chi connectivity index (χ3v) is 1.52. The molecule has 0 aliphatic rings. The van der Waals surface area contributed by atoms with Crippen LogP contribution >= 0.6 is 0 Å². The predicted octanol–water partition coefficient (Wildman–Crippen LogP) is -0.630. The molecular weight excluding hydrogens is 182 g/mol. The highest BCUT2D eigenvalue weighted by atomic mass is 16.2. The van der Waals surface area contributed by atoms with Crippen molar-refractivity contribution in [1.82, 2.24) is 10.6 Å². The number of likely N-dealkylation sites (N-methyl/N-ethyl adjacent to an activating group) is 1. The van der Waals surface area contributed by atoms with Crippen molar-refractivity contribution < 1.29 is 9.59 Å². The van der Waals surface area contributed by atoms with Crippen LogP contribution < -0.4 is 10.6 Å². The molecule has 0 aromatic rings. The Kier molecular flexibility index (Phi) is 6.57. The Bertz CT molecular complexity index is 226. The molecule has 5 nitrogen and oxygen atoms in total. The van der Waals surface area contributed by atoms with E-state index in [4.69, 9.17) is 0 Å². The summed E-state index contributed by atoms with van der Waals surface area (Å²) in [5.74, 6) is -0.113. The van der Waals surface area contributed by atoms with Crippen LogP contribution in [0.15, 0.2) is 4.99 Å². The molecule has 0 bridgehead atoms. The van der Waals surface area contributed by atoms with Gasteiger partial charge in [0, 0.05) is 19.7 Å². The minimum Gasteiger partial charge on any atom is -0.347 e. The number of aliphatic imine (C=N–C) groups is 1. The van der Waals surface area contributed by atoms with Gasteiger partial charge in [0.05, 0.1) is 12.6 Å². The topological polar surface area (TPSA) is 70.6 Å². The van der Waals surface area contributed by atoms with Gasteiger partial charge in [0.2, 0.25) is 5.91 Å². The first kappa shape index (κ1) is 12.8. The second-order valence-electron chi connectivity index (χ2n) is 3.02. The van der Waals surface area contributed by atoms with Gasteiger partial charge in [0.1, 0.15) is 5.78 Å². The highest BCUT2D eigenvalue weighted by Gasteiger charge is 2.10. The number of hydrogen-bond donors (Lipinski definition) is 2. The van der Waals surface area contributed by atoms with Gasteiger partial charge in [0.25, 0.3) is 0 Å². The summed E-state index contributed by atoms with van der Waals surface area (Å²) in [4.78, 5) is 25.8. The molecule has 1 atom stereocenters. The number of carbonyl (C=O) groups is 2. The fraction of sp³-hybridized carbons (Fsp3) is 0.667. The van der Waals surface area contributed by atoms with Crippen LogP contribution in [0.25, 0.3) is 0 Å². The van der Waals surface area contributed by atoms with Crippen LogP contribution in [0.3, 0.4) is 0 Å². The molecule has 0 aliphatic carbocycles. The molecule has 0 aromatic heterocycles. The van der Waals surface area contributed by atoms with Gasteiger partial charge < -0.3 is 10.6 Å². The largest absolute Gasteiger partial charge is 0.347 e. The maximum Gasteiger partial charge on any atom is 0.234 e. The van der Waals surface area contributed by atoms with Gasteiger partial charge in [-0.05, 0) is 14.0 Å². The van der Waals surface area contributed by atoms with E-state index in [-0.39, 0.29) is 30.7 Å². The van der Waals surface area contributed by atoms with E-state index in [0.29, 0.717) is 0 Å². The predicted molar refractivity (Wildman–Crippen MR) is 55.6 cm³/mol. The molecule has 0 rings (SSSR count). The molecule has 0 aliphatic heterocycles. The number of hydrogen-bond acceptors (Lipinski definition) is 4. The van der Waals surface area contributed by atoms with Crippen LogP contribution in [-0.4, -0.2) is 44.6 Å². The number of ketones is 1. The number of nitrogens with zero attached hydrogens (tertiary/aromatic N) is 1. The standard InChI is InChI=1S/C9H17N3O2/c1-7(13)4-8(5-10-2)12-9(14)6-11-3/h5,8,11H,4,6H2,1-3H3,(H,12,14). The molecule has 0 saturated carbocycles. The van der Waals surface area contributed by atoms with Gasteiger partial charge in [0.15, 0.2) is 0 Å². The molecule has 0 fully saturated rings. The van der Waals surface area contributed by atoms with Crippen LogP contribution in [0.4, 0.5) is 0 Å². The zero-order valence-electron chi connectivity index (χ0n) is 8.83. The molecule has 80 valence electrons. The van der Waals surface area contributed by atoms with Gasteiger partial charge >= 0.3 is 0 Å². The lowest BCUT2D eigenvalue weighted by Gasteiger charge is -2.12. The first-order valence-electron chi connectivity index (χ1n) is 4.45. The normalized spacial score (nSPS) is 12.8. The highest BCUT2D eigenvalue weighted by molar-refractivity contribution is 5.86. The number of rotatable bonds is 6. The van der Waals surface area contributed by atoms with Crippen molar-refractivity contribution in [3.05, 3.63) is 0 Å². The summed E-state index contributed by atoms with van der Waals surface area (Å²) < 4.78 is 0. The van der Waals surface area contributed by atoms with Crippen molar-refractivity contribution in [3.8, 4) is 0 Å². The SMILES string of the molecule is CN=CC(CC(C)=O)NC(=O)CNC. The zero-order chi connectivity index (χ0) is 11.0. The van der Waals surface area contributed by atoms with Crippen molar-refractivity contribution in [2.24, 2.45) is 4.99 Å². The van der Waals surface area contributed by atoms with Crippen LogP contribution in [0.5, 0.6) is 0 Å². The van der Waals surface area contributed by atoms with Crippen molar-refractivity contribution in [2.75, 3.05) is 20.6 Å². The van der Waals surface area contributed by atoms with Crippen LogP contribution in [0.1, 0.15) is 13.3 Å². The average molecular weight is 199 g/mol. The summed E-state index contributed by atoms with van der Waals surface area (Å²) in [6.45, 7) is 1.73. The van der Waals surface area contributed by atoms with Crippen molar-refractivity contribution in [3.63, 3.8) is 0 Å². The first-order valence-corrected chi connectivity index (χ1v) is 4.45. The Morgan fingerprint density at radius 3 is 2.57 bits per heavy atom. The van der Waals surface area contributed by atoms with E-state index in [0.717, 1.165) is 0 Å². The Labute approximate surface area is 84.0 Å². The third-order valence-electron chi connectivity index (χ3n) is 1.52.